The predicted octanol–water partition coefficient (Wildman–Crippen LogP) is 6.49. The maximum absolute atomic E-state index is 12.2. The largest absolute Gasteiger partial charge is 0.513 e. The number of aryl methyl sites for hydroxylation is 5. The number of hydrogen-bond donors (Lipinski definition) is 0. The van der Waals surface area contributed by atoms with Crippen molar-refractivity contribution in [2.75, 3.05) is 14.2 Å². The Labute approximate surface area is 233 Å². The summed E-state index contributed by atoms with van der Waals surface area (Å²) < 4.78 is 21.4. The van der Waals surface area contributed by atoms with Gasteiger partial charge in [0, 0.05) is 40.8 Å². The van der Waals surface area contributed by atoms with Gasteiger partial charge < -0.3 is 18.9 Å². The first-order valence-electron chi connectivity index (χ1n) is 11.8. The van der Waals surface area contributed by atoms with Crippen LogP contribution in [0.1, 0.15) is 57.0 Å². The number of benzene rings is 3. The molecule has 0 radical (unpaired) electrons. The van der Waals surface area contributed by atoms with Gasteiger partial charge in [-0.25, -0.2) is 4.79 Å². The Morgan fingerprint density at radius 2 is 1.08 bits per heavy atom. The van der Waals surface area contributed by atoms with Crippen molar-refractivity contribution in [1.29, 1.82) is 0 Å². The third-order valence-electron chi connectivity index (χ3n) is 6.02. The molecule has 0 atom stereocenters. The van der Waals surface area contributed by atoms with Crippen molar-refractivity contribution >= 4 is 12.1 Å². The second kappa shape index (κ2) is 12.9. The predicted molar refractivity (Wildman–Crippen MR) is 140 cm³/mol. The first kappa shape index (κ1) is 30.1. The molecule has 0 amide bonds. The van der Waals surface area contributed by atoms with Crippen LogP contribution in [0.2, 0.25) is 0 Å². The van der Waals surface area contributed by atoms with E-state index in [-0.39, 0.29) is 27.0 Å². The van der Waals surface area contributed by atoms with Gasteiger partial charge in [0.1, 0.15) is 17.2 Å². The molecular formula is C30H34O6W. The van der Waals surface area contributed by atoms with E-state index in [1.807, 2.05) is 58.9 Å². The number of hydrogen-bond acceptors (Lipinski definition) is 6. The maximum atomic E-state index is 12.2. The Morgan fingerprint density at radius 3 is 1.46 bits per heavy atom. The zero-order valence-electron chi connectivity index (χ0n) is 22.7. The van der Waals surface area contributed by atoms with Gasteiger partial charge in [-0.15, -0.1) is 0 Å². The van der Waals surface area contributed by atoms with Gasteiger partial charge in [-0.3, -0.25) is 4.79 Å². The molecule has 3 aromatic carbocycles. The van der Waals surface area contributed by atoms with Crippen LogP contribution >= 0.6 is 0 Å². The van der Waals surface area contributed by atoms with Crippen molar-refractivity contribution < 1.29 is 49.6 Å². The molecule has 3 aromatic rings. The van der Waals surface area contributed by atoms with Crippen LogP contribution in [-0.4, -0.2) is 26.3 Å². The molecule has 0 aromatic heterocycles. The summed E-state index contributed by atoms with van der Waals surface area (Å²) in [6.45, 7) is 11.3. The molecule has 196 valence electrons. The van der Waals surface area contributed by atoms with Gasteiger partial charge in [-0.2, -0.15) is 0 Å². The van der Waals surface area contributed by atoms with Crippen LogP contribution in [-0.2, 0) is 43.4 Å². The molecule has 0 saturated carbocycles. The second-order valence-electron chi connectivity index (χ2n) is 9.24. The number of esters is 1. The molecule has 6 nitrogen and oxygen atoms in total. The van der Waals surface area contributed by atoms with Crippen molar-refractivity contribution in [3.05, 3.63) is 86.5 Å². The van der Waals surface area contributed by atoms with Crippen LogP contribution in [0.15, 0.2) is 36.4 Å². The van der Waals surface area contributed by atoms with Crippen LogP contribution in [0, 0.1) is 34.6 Å². The van der Waals surface area contributed by atoms with E-state index in [9.17, 15) is 9.59 Å². The van der Waals surface area contributed by atoms with Gasteiger partial charge in [0.25, 0.3) is 0 Å². The quantitative estimate of drug-likeness (QED) is 0.162. The van der Waals surface area contributed by atoms with E-state index in [0.717, 1.165) is 55.8 Å². The molecule has 0 fully saturated rings. The first-order chi connectivity index (χ1) is 17.0. The van der Waals surface area contributed by atoms with E-state index in [2.05, 4.69) is 12.1 Å². The van der Waals surface area contributed by atoms with Crippen LogP contribution < -0.4 is 14.2 Å². The smallest absolute Gasteiger partial charge is 0.496 e. The molecule has 0 N–H and O–H groups in total. The fourth-order valence-electron chi connectivity index (χ4n) is 4.80. The second-order valence-corrected chi connectivity index (χ2v) is 9.24. The summed E-state index contributed by atoms with van der Waals surface area (Å²) in [7, 11) is 2.97. The Hall–Kier alpha value is -3.11. The molecule has 0 spiro atoms. The van der Waals surface area contributed by atoms with Crippen molar-refractivity contribution in [3.8, 4) is 17.2 Å². The molecule has 37 heavy (non-hydrogen) atoms. The minimum absolute atomic E-state index is 0. The average molecular weight is 674 g/mol. The summed E-state index contributed by atoms with van der Waals surface area (Å²) in [4.78, 5) is 23.7. The topological polar surface area (TPSA) is 71.1 Å². The summed E-state index contributed by atoms with van der Waals surface area (Å²) in [5.74, 6) is 1.60. The molecule has 0 unspecified atom stereocenters. The van der Waals surface area contributed by atoms with Crippen molar-refractivity contribution in [3.63, 3.8) is 0 Å². The molecule has 0 bridgehead atoms. The third kappa shape index (κ3) is 7.45. The number of carbonyl (C=O) groups is 2. The number of rotatable bonds is 7. The van der Waals surface area contributed by atoms with Gasteiger partial charge in [-0.1, -0.05) is 42.0 Å². The Morgan fingerprint density at radius 1 is 0.649 bits per heavy atom. The fraction of sp³-hybridized carbons (Fsp3) is 0.333. The SMILES string of the molecule is COC(=O)Oc1c(Cc2cc(C)c(OC)c(C)c2)cc(C)cc1Cc1cc(C)c(OC(C)=O)c(C)c1.[W]. The normalized spacial score (nSPS) is 10.4. The van der Waals surface area contributed by atoms with Gasteiger partial charge >= 0.3 is 12.1 Å². The van der Waals surface area contributed by atoms with Gasteiger partial charge in [0.15, 0.2) is 0 Å². The number of methoxy groups -OCH3 is 2. The molecule has 0 aliphatic rings. The van der Waals surface area contributed by atoms with E-state index in [1.54, 1.807) is 7.11 Å². The van der Waals surface area contributed by atoms with Gasteiger partial charge in [0.05, 0.1) is 14.2 Å². The molecule has 3 rings (SSSR count). The molecule has 0 aliphatic heterocycles. The van der Waals surface area contributed by atoms with E-state index in [1.165, 1.54) is 14.0 Å². The van der Waals surface area contributed by atoms with Crippen molar-refractivity contribution in [2.24, 2.45) is 0 Å². The summed E-state index contributed by atoms with van der Waals surface area (Å²) in [5, 5.41) is 0. The van der Waals surface area contributed by atoms with E-state index in [0.29, 0.717) is 24.3 Å². The third-order valence-corrected chi connectivity index (χ3v) is 6.02. The van der Waals surface area contributed by atoms with Crippen LogP contribution in [0.5, 0.6) is 17.2 Å². The zero-order valence-corrected chi connectivity index (χ0v) is 25.7. The number of ether oxygens (including phenoxy) is 4. The molecule has 0 heterocycles. The Bertz CT molecular complexity index is 1270. The van der Waals surface area contributed by atoms with Crippen molar-refractivity contribution in [2.45, 2.75) is 54.4 Å². The monoisotopic (exact) mass is 674 g/mol. The zero-order chi connectivity index (χ0) is 26.6. The van der Waals surface area contributed by atoms with Crippen LogP contribution in [0.25, 0.3) is 0 Å². The van der Waals surface area contributed by atoms with Crippen molar-refractivity contribution in [1.82, 2.24) is 0 Å². The maximum Gasteiger partial charge on any atom is 0.513 e. The summed E-state index contributed by atoms with van der Waals surface area (Å²) >= 11 is 0. The van der Waals surface area contributed by atoms with Gasteiger partial charge in [-0.05, 0) is 79.1 Å². The standard InChI is InChI=1S/C30H34O6.W/c1-17-9-25(15-23-11-18(2)27(33-7)19(3)12-23)29(36-30(32)34-8)26(10-17)16-24-13-20(4)28(21(5)14-24)35-22(6)31;/h9-14H,15-16H2,1-8H3;. The van der Waals surface area contributed by atoms with Crippen LogP contribution in [0.3, 0.4) is 0 Å². The minimum Gasteiger partial charge on any atom is -0.496 e. The molecular weight excluding hydrogens is 640 g/mol. The van der Waals surface area contributed by atoms with E-state index in [4.69, 9.17) is 18.9 Å². The molecule has 0 aliphatic carbocycles. The van der Waals surface area contributed by atoms with Crippen LogP contribution in [0.4, 0.5) is 4.79 Å². The average Bonchev–Trinajstić information content (AvgIpc) is 2.78. The summed E-state index contributed by atoms with van der Waals surface area (Å²) in [5.41, 5.74) is 8.77. The van der Waals surface area contributed by atoms with Gasteiger partial charge in [0.2, 0.25) is 0 Å². The summed E-state index contributed by atoms with van der Waals surface area (Å²) in [6.07, 6.45) is 0.348. The fourth-order valence-corrected chi connectivity index (χ4v) is 4.80. The Kier molecular flexibility index (Phi) is 10.5. The van der Waals surface area contributed by atoms with E-state index < -0.39 is 6.16 Å². The first-order valence-corrected chi connectivity index (χ1v) is 11.8. The molecule has 0 saturated heterocycles. The summed E-state index contributed by atoms with van der Waals surface area (Å²) in [6, 6.07) is 12.2. The Balaban J connectivity index is 0.00000481. The number of carbonyl (C=O) groups excluding carboxylic acids is 2. The minimum atomic E-state index is -0.763. The van der Waals surface area contributed by atoms with E-state index >= 15 is 0 Å². The molecule has 7 heteroatoms.